The van der Waals surface area contributed by atoms with Gasteiger partial charge in [0.25, 0.3) is 0 Å². The largest absolute Gasteiger partial charge is 0.258 e. The summed E-state index contributed by atoms with van der Waals surface area (Å²) in [7, 11) is 0. The highest BCUT2D eigenvalue weighted by Crippen LogP contribution is 2.11. The van der Waals surface area contributed by atoms with Gasteiger partial charge in [-0.05, 0) is 64.2 Å². The van der Waals surface area contributed by atoms with Gasteiger partial charge in [0.15, 0.2) is 0 Å². The van der Waals surface area contributed by atoms with Gasteiger partial charge in [0.2, 0.25) is 0 Å². The lowest BCUT2D eigenvalue weighted by Gasteiger charge is -2.07. The van der Waals surface area contributed by atoms with Crippen molar-refractivity contribution in [1.29, 1.82) is 0 Å². The lowest BCUT2D eigenvalue weighted by molar-refractivity contribution is 0.480. The van der Waals surface area contributed by atoms with Crippen LogP contribution in [0.5, 0.6) is 0 Å². The highest BCUT2D eigenvalue weighted by molar-refractivity contribution is 4.82. The van der Waals surface area contributed by atoms with Crippen LogP contribution in [0.3, 0.4) is 0 Å². The molecule has 0 aliphatic heterocycles. The summed E-state index contributed by atoms with van der Waals surface area (Å²) in [4.78, 5) is 0. The molecule has 2 nitrogen and oxygen atoms in total. The highest BCUT2D eigenvalue weighted by atomic mass is 15.3. The molecule has 0 heterocycles. The lowest BCUT2D eigenvalue weighted by Crippen LogP contribution is -2.33. The summed E-state index contributed by atoms with van der Waals surface area (Å²) in [5.41, 5.74) is 6.84. The molecule has 0 radical (unpaired) electrons. The van der Waals surface area contributed by atoms with Gasteiger partial charge in [-0.15, -0.1) is 0 Å². The average molecular weight is 533 g/mol. The van der Waals surface area contributed by atoms with E-state index in [9.17, 15) is 0 Å². The number of hydrogen-bond donors (Lipinski definition) is 2. The molecule has 0 saturated carbocycles. The molecular weight excluding hydrogens is 460 g/mol. The molecule has 0 aliphatic rings. The quantitative estimate of drug-likeness (QED) is 0.0499. The van der Waals surface area contributed by atoms with Crippen molar-refractivity contribution < 1.29 is 0 Å². The Balaban J connectivity index is 3.09. The Morgan fingerprint density at radius 1 is 0.289 bits per heavy atom. The van der Waals surface area contributed by atoms with Crippen LogP contribution in [0.15, 0.2) is 24.3 Å². The first-order chi connectivity index (χ1) is 18.9. The minimum absolute atomic E-state index is 1.12. The minimum atomic E-state index is 1.12. The first-order valence-corrected chi connectivity index (χ1v) is 17.7. The van der Waals surface area contributed by atoms with Gasteiger partial charge in [0, 0.05) is 13.1 Å². The fourth-order valence-corrected chi connectivity index (χ4v) is 5.10. The van der Waals surface area contributed by atoms with E-state index < -0.39 is 0 Å². The summed E-state index contributed by atoms with van der Waals surface area (Å²) in [5.74, 6) is 0. The monoisotopic (exact) mass is 533 g/mol. The molecule has 0 aromatic rings. The van der Waals surface area contributed by atoms with Crippen LogP contribution in [0.25, 0.3) is 0 Å². The van der Waals surface area contributed by atoms with Gasteiger partial charge in [-0.3, -0.25) is 10.9 Å². The molecule has 0 atom stereocenters. The number of nitrogens with one attached hydrogen (secondary N) is 2. The molecule has 38 heavy (non-hydrogen) atoms. The Labute approximate surface area is 241 Å². The van der Waals surface area contributed by atoms with E-state index in [0.717, 1.165) is 13.1 Å². The van der Waals surface area contributed by atoms with Crippen molar-refractivity contribution in [2.75, 3.05) is 13.1 Å². The predicted octanol–water partition coefficient (Wildman–Crippen LogP) is 12.2. The zero-order chi connectivity index (χ0) is 27.5. The third-order valence-electron chi connectivity index (χ3n) is 7.75. The normalized spacial score (nSPS) is 11.9. The predicted molar refractivity (Wildman–Crippen MR) is 175 cm³/mol. The molecule has 0 spiro atoms. The van der Waals surface area contributed by atoms with Gasteiger partial charge in [0.05, 0.1) is 0 Å². The molecule has 0 aromatic carbocycles. The highest BCUT2D eigenvalue weighted by Gasteiger charge is 1.94. The first-order valence-electron chi connectivity index (χ1n) is 17.7. The van der Waals surface area contributed by atoms with Gasteiger partial charge in [0.1, 0.15) is 0 Å². The second kappa shape index (κ2) is 36.4. The molecule has 0 fully saturated rings. The molecule has 226 valence electrons. The van der Waals surface area contributed by atoms with Crippen molar-refractivity contribution in [2.45, 2.75) is 194 Å². The second-order valence-electron chi connectivity index (χ2n) is 11.7. The van der Waals surface area contributed by atoms with Crippen LogP contribution in [0.2, 0.25) is 0 Å². The molecule has 0 unspecified atom stereocenters. The number of rotatable bonds is 33. The van der Waals surface area contributed by atoms with E-state index in [2.05, 4.69) is 49.0 Å². The topological polar surface area (TPSA) is 24.1 Å². The van der Waals surface area contributed by atoms with E-state index >= 15 is 0 Å². The molecular formula is C36H72N2. The fraction of sp³-hybridized carbons (Fsp3) is 0.889. The van der Waals surface area contributed by atoms with E-state index in [-0.39, 0.29) is 0 Å². The number of allylic oxidation sites excluding steroid dienone is 4. The molecule has 2 heteroatoms. The maximum atomic E-state index is 3.42. The van der Waals surface area contributed by atoms with Crippen LogP contribution < -0.4 is 10.9 Å². The van der Waals surface area contributed by atoms with E-state index in [1.807, 2.05) is 0 Å². The number of hydrogen-bond acceptors (Lipinski definition) is 2. The molecule has 0 amide bonds. The molecule has 0 saturated heterocycles. The SMILES string of the molecule is CCCCCCCC/C=C\CCCCCCCCNNCCCCCCCC/C=C\CCCCCCCC. The van der Waals surface area contributed by atoms with Crippen molar-refractivity contribution in [3.05, 3.63) is 24.3 Å². The first kappa shape index (κ1) is 37.4. The Morgan fingerprint density at radius 2 is 0.526 bits per heavy atom. The molecule has 2 N–H and O–H groups in total. The second-order valence-corrected chi connectivity index (χ2v) is 11.7. The molecule has 0 rings (SSSR count). The summed E-state index contributed by atoms with van der Waals surface area (Å²) in [6, 6.07) is 0. The standard InChI is InChI=1S/C36H72N2/c1-3-5-7-9-11-13-15-17-19-21-23-25-27-29-31-33-35-37-38-36-34-32-30-28-26-24-22-20-18-16-14-12-10-8-6-4-2/h17-20,37-38H,3-16,21-36H2,1-2H3/b19-17-,20-18-. The zero-order valence-corrected chi connectivity index (χ0v) is 26.5. The van der Waals surface area contributed by atoms with Crippen molar-refractivity contribution in [1.82, 2.24) is 10.9 Å². The summed E-state index contributed by atoms with van der Waals surface area (Å²) in [6.07, 6.45) is 48.3. The number of unbranched alkanes of at least 4 members (excludes halogenated alkanes) is 24. The lowest BCUT2D eigenvalue weighted by atomic mass is 10.1. The van der Waals surface area contributed by atoms with Gasteiger partial charge in [-0.1, -0.05) is 154 Å². The van der Waals surface area contributed by atoms with Crippen molar-refractivity contribution in [3.8, 4) is 0 Å². The Morgan fingerprint density at radius 3 is 0.816 bits per heavy atom. The Bertz CT molecular complexity index is 414. The zero-order valence-electron chi connectivity index (χ0n) is 26.5. The summed E-state index contributed by atoms with van der Waals surface area (Å²) in [6.45, 7) is 6.82. The van der Waals surface area contributed by atoms with Crippen LogP contribution in [0.4, 0.5) is 0 Å². The van der Waals surface area contributed by atoms with Crippen LogP contribution in [0.1, 0.15) is 194 Å². The van der Waals surface area contributed by atoms with E-state index in [1.54, 1.807) is 0 Å². The third-order valence-corrected chi connectivity index (χ3v) is 7.75. The maximum Gasteiger partial charge on any atom is 0.00997 e. The smallest absolute Gasteiger partial charge is 0.00997 e. The summed E-state index contributed by atoms with van der Waals surface area (Å²) >= 11 is 0. The maximum absolute atomic E-state index is 3.42. The average Bonchev–Trinajstić information content (AvgIpc) is 2.93. The Kier molecular flexibility index (Phi) is 35.8. The molecule has 0 aliphatic carbocycles. The van der Waals surface area contributed by atoms with Crippen molar-refractivity contribution in [3.63, 3.8) is 0 Å². The fourth-order valence-electron chi connectivity index (χ4n) is 5.10. The van der Waals surface area contributed by atoms with E-state index in [4.69, 9.17) is 0 Å². The van der Waals surface area contributed by atoms with Gasteiger partial charge in [-0.2, -0.15) is 0 Å². The third kappa shape index (κ3) is 35.4. The van der Waals surface area contributed by atoms with E-state index in [1.165, 1.54) is 180 Å². The van der Waals surface area contributed by atoms with Crippen molar-refractivity contribution in [2.24, 2.45) is 0 Å². The minimum Gasteiger partial charge on any atom is -0.258 e. The molecule has 0 aromatic heterocycles. The van der Waals surface area contributed by atoms with Crippen LogP contribution in [-0.4, -0.2) is 13.1 Å². The van der Waals surface area contributed by atoms with E-state index in [0.29, 0.717) is 0 Å². The van der Waals surface area contributed by atoms with Gasteiger partial charge in [-0.25, -0.2) is 0 Å². The van der Waals surface area contributed by atoms with Crippen molar-refractivity contribution >= 4 is 0 Å². The molecule has 0 bridgehead atoms. The van der Waals surface area contributed by atoms with Gasteiger partial charge < -0.3 is 0 Å². The Hall–Kier alpha value is -0.600. The van der Waals surface area contributed by atoms with Crippen LogP contribution in [0, 0.1) is 0 Å². The summed E-state index contributed by atoms with van der Waals surface area (Å²) in [5, 5.41) is 0. The van der Waals surface area contributed by atoms with Gasteiger partial charge >= 0.3 is 0 Å². The summed E-state index contributed by atoms with van der Waals surface area (Å²) < 4.78 is 0. The van der Waals surface area contributed by atoms with Crippen LogP contribution >= 0.6 is 0 Å². The number of hydrazine groups is 1. The van der Waals surface area contributed by atoms with Crippen LogP contribution in [-0.2, 0) is 0 Å².